The molecule has 0 aromatic rings. The summed E-state index contributed by atoms with van der Waals surface area (Å²) < 4.78 is 4.68. The molecule has 4 nitrogen and oxygen atoms in total. The molecule has 0 saturated carbocycles. The van der Waals surface area contributed by atoms with Crippen LogP contribution in [0.2, 0.25) is 0 Å². The van der Waals surface area contributed by atoms with Gasteiger partial charge in [-0.05, 0) is 12.8 Å². The van der Waals surface area contributed by atoms with Gasteiger partial charge in [0.2, 0.25) is 6.29 Å². The Balaban J connectivity index is 4.24. The van der Waals surface area contributed by atoms with Crippen molar-refractivity contribution in [3.05, 3.63) is 12.2 Å². The normalized spacial score (nSPS) is 15.0. The lowest BCUT2D eigenvalue weighted by Gasteiger charge is -2.23. The minimum atomic E-state index is -1.27. The molecule has 0 heterocycles. The highest BCUT2D eigenvalue weighted by Crippen LogP contribution is 2.16. The van der Waals surface area contributed by atoms with Crippen LogP contribution in [-0.4, -0.2) is 29.1 Å². The molecule has 0 aromatic heterocycles. The van der Waals surface area contributed by atoms with Gasteiger partial charge in [0, 0.05) is 11.5 Å². The van der Waals surface area contributed by atoms with Gasteiger partial charge in [-0.3, -0.25) is 0 Å². The van der Waals surface area contributed by atoms with Crippen LogP contribution in [0.25, 0.3) is 0 Å². The number of carbonyl (C=O) groups excluding carboxylic acids is 1. The summed E-state index contributed by atoms with van der Waals surface area (Å²) in [6, 6.07) is 0. The van der Waals surface area contributed by atoms with Crippen LogP contribution in [0.3, 0.4) is 0 Å². The summed E-state index contributed by atoms with van der Waals surface area (Å²) in [6.45, 7) is 8.33. The van der Waals surface area contributed by atoms with E-state index < -0.39 is 18.2 Å². The minimum Gasteiger partial charge on any atom is -0.432 e. The van der Waals surface area contributed by atoms with Crippen molar-refractivity contribution in [2.24, 2.45) is 11.8 Å². The smallest absolute Gasteiger partial charge is 0.335 e. The zero-order valence-electron chi connectivity index (χ0n) is 8.86. The van der Waals surface area contributed by atoms with Gasteiger partial charge in [0.1, 0.15) is 0 Å². The third-order valence-corrected chi connectivity index (χ3v) is 2.01. The maximum absolute atomic E-state index is 11.0. The molecule has 82 valence electrons. The fourth-order valence-corrected chi connectivity index (χ4v) is 0.928. The molecule has 2 unspecified atom stereocenters. The Hall–Kier alpha value is -0.870. The van der Waals surface area contributed by atoms with Crippen LogP contribution in [0.1, 0.15) is 20.8 Å². The van der Waals surface area contributed by atoms with Gasteiger partial charge in [0.15, 0.2) is 0 Å². The number of aliphatic hydroxyl groups is 2. The van der Waals surface area contributed by atoms with E-state index >= 15 is 0 Å². The maximum Gasteiger partial charge on any atom is 0.335 e. The van der Waals surface area contributed by atoms with Gasteiger partial charge in [-0.25, -0.2) is 4.79 Å². The van der Waals surface area contributed by atoms with Gasteiger partial charge in [-0.1, -0.05) is 20.4 Å². The lowest BCUT2D eigenvalue weighted by molar-refractivity contribution is -0.178. The van der Waals surface area contributed by atoms with Gasteiger partial charge in [0.05, 0.1) is 6.61 Å². The number of esters is 1. The van der Waals surface area contributed by atoms with Crippen molar-refractivity contribution in [2.45, 2.75) is 27.1 Å². The minimum absolute atomic E-state index is 0.0351. The Morgan fingerprint density at radius 2 is 2.00 bits per heavy atom. The summed E-state index contributed by atoms with van der Waals surface area (Å²) in [5, 5.41) is 18.4. The molecule has 0 aromatic carbocycles. The molecule has 0 fully saturated rings. The van der Waals surface area contributed by atoms with E-state index in [-0.39, 0.29) is 18.1 Å². The molecule has 0 rings (SSSR count). The number of hydrogen-bond acceptors (Lipinski definition) is 4. The van der Waals surface area contributed by atoms with Gasteiger partial charge in [0.25, 0.3) is 0 Å². The Labute approximate surface area is 84.2 Å². The second kappa shape index (κ2) is 5.78. The third-order valence-electron chi connectivity index (χ3n) is 2.01. The summed E-state index contributed by atoms with van der Waals surface area (Å²) in [7, 11) is 0. The van der Waals surface area contributed by atoms with E-state index in [2.05, 4.69) is 11.3 Å². The molecule has 0 spiro atoms. The number of rotatable bonds is 5. The van der Waals surface area contributed by atoms with Crippen LogP contribution in [0, 0.1) is 11.8 Å². The van der Waals surface area contributed by atoms with Gasteiger partial charge < -0.3 is 14.9 Å². The monoisotopic (exact) mass is 202 g/mol. The van der Waals surface area contributed by atoms with Gasteiger partial charge in [-0.15, -0.1) is 0 Å². The lowest BCUT2D eigenvalue weighted by Crippen LogP contribution is -2.32. The molecule has 4 heteroatoms. The van der Waals surface area contributed by atoms with E-state index in [0.717, 1.165) is 0 Å². The standard InChI is InChI=1S/C10H18O4/c1-6(2)8(5-11)10(13)14-9(12)7(3)4/h6,8,10-11,13H,3,5H2,1-2,4H3. The first kappa shape index (κ1) is 13.1. The Morgan fingerprint density at radius 1 is 1.50 bits per heavy atom. The van der Waals surface area contributed by atoms with Crippen molar-refractivity contribution in [2.75, 3.05) is 6.61 Å². The van der Waals surface area contributed by atoms with Crippen molar-refractivity contribution in [3.8, 4) is 0 Å². The average Bonchev–Trinajstić information content (AvgIpc) is 2.04. The predicted molar refractivity (Wildman–Crippen MR) is 52.3 cm³/mol. The molecular weight excluding hydrogens is 184 g/mol. The summed E-state index contributed by atoms with van der Waals surface area (Å²) in [4.78, 5) is 11.0. The van der Waals surface area contributed by atoms with Gasteiger partial charge >= 0.3 is 5.97 Å². The number of ether oxygens (including phenoxy) is 1. The predicted octanol–water partition coefficient (Wildman–Crippen LogP) is 0.689. The van der Waals surface area contributed by atoms with E-state index in [1.54, 1.807) is 0 Å². The molecular formula is C10H18O4. The SMILES string of the molecule is C=C(C)C(=O)OC(O)C(CO)C(C)C. The second-order valence-corrected chi connectivity index (χ2v) is 3.67. The molecule has 0 saturated heterocycles. The molecule has 0 aliphatic heterocycles. The van der Waals surface area contributed by atoms with Crippen LogP contribution < -0.4 is 0 Å². The Bertz CT molecular complexity index is 210. The van der Waals surface area contributed by atoms with E-state index in [1.807, 2.05) is 13.8 Å². The largest absolute Gasteiger partial charge is 0.432 e. The second-order valence-electron chi connectivity index (χ2n) is 3.67. The molecule has 2 N–H and O–H groups in total. The van der Waals surface area contributed by atoms with Crippen molar-refractivity contribution in [1.29, 1.82) is 0 Å². The third kappa shape index (κ3) is 3.89. The van der Waals surface area contributed by atoms with Crippen LogP contribution in [-0.2, 0) is 9.53 Å². The zero-order valence-corrected chi connectivity index (χ0v) is 8.86. The Morgan fingerprint density at radius 3 is 2.29 bits per heavy atom. The molecule has 0 aliphatic carbocycles. The van der Waals surface area contributed by atoms with E-state index in [1.165, 1.54) is 6.92 Å². The molecule has 14 heavy (non-hydrogen) atoms. The van der Waals surface area contributed by atoms with E-state index in [0.29, 0.717) is 0 Å². The van der Waals surface area contributed by atoms with Crippen LogP contribution in [0.15, 0.2) is 12.2 Å². The molecule has 0 bridgehead atoms. The van der Waals surface area contributed by atoms with Crippen LogP contribution in [0.4, 0.5) is 0 Å². The highest BCUT2D eigenvalue weighted by molar-refractivity contribution is 5.87. The average molecular weight is 202 g/mol. The molecule has 0 aliphatic rings. The lowest BCUT2D eigenvalue weighted by atomic mass is 9.96. The fourth-order valence-electron chi connectivity index (χ4n) is 0.928. The number of hydrogen-bond donors (Lipinski definition) is 2. The number of carbonyl (C=O) groups is 1. The quantitative estimate of drug-likeness (QED) is 0.391. The topological polar surface area (TPSA) is 66.8 Å². The number of aliphatic hydroxyl groups excluding tert-OH is 2. The summed E-state index contributed by atoms with van der Waals surface area (Å²) in [6.07, 6.45) is -1.27. The summed E-state index contributed by atoms with van der Waals surface area (Å²) >= 11 is 0. The molecule has 0 amide bonds. The fraction of sp³-hybridized carbons (Fsp3) is 0.700. The maximum atomic E-state index is 11.0. The van der Waals surface area contributed by atoms with Crippen molar-refractivity contribution in [3.63, 3.8) is 0 Å². The van der Waals surface area contributed by atoms with Gasteiger partial charge in [-0.2, -0.15) is 0 Å². The highest BCUT2D eigenvalue weighted by Gasteiger charge is 2.25. The van der Waals surface area contributed by atoms with Crippen molar-refractivity contribution >= 4 is 5.97 Å². The summed E-state index contributed by atoms with van der Waals surface area (Å²) in [5.41, 5.74) is 0.226. The first-order valence-electron chi connectivity index (χ1n) is 4.55. The summed E-state index contributed by atoms with van der Waals surface area (Å²) in [5.74, 6) is -1.07. The first-order valence-corrected chi connectivity index (χ1v) is 4.55. The van der Waals surface area contributed by atoms with Crippen molar-refractivity contribution in [1.82, 2.24) is 0 Å². The van der Waals surface area contributed by atoms with Crippen LogP contribution >= 0.6 is 0 Å². The zero-order chi connectivity index (χ0) is 11.3. The first-order chi connectivity index (χ1) is 6.40. The van der Waals surface area contributed by atoms with E-state index in [9.17, 15) is 9.90 Å². The molecule has 0 radical (unpaired) electrons. The molecule has 2 atom stereocenters. The van der Waals surface area contributed by atoms with Crippen LogP contribution in [0.5, 0.6) is 0 Å². The van der Waals surface area contributed by atoms with E-state index in [4.69, 9.17) is 5.11 Å². The highest BCUT2D eigenvalue weighted by atomic mass is 16.6. The van der Waals surface area contributed by atoms with Crippen molar-refractivity contribution < 1.29 is 19.7 Å². The Kier molecular flexibility index (Phi) is 5.42.